The van der Waals surface area contributed by atoms with Gasteiger partial charge in [0.15, 0.2) is 11.5 Å². The molecule has 0 saturated heterocycles. The van der Waals surface area contributed by atoms with Gasteiger partial charge in [0.25, 0.3) is 5.91 Å². The molecule has 0 spiro atoms. The Morgan fingerprint density at radius 3 is 2.79 bits per heavy atom. The number of aromatic nitrogens is 4. The minimum absolute atomic E-state index is 0.118. The topological polar surface area (TPSA) is 95.1 Å². The van der Waals surface area contributed by atoms with E-state index in [2.05, 4.69) is 20.6 Å². The number of rotatable bonds is 7. The summed E-state index contributed by atoms with van der Waals surface area (Å²) in [5.41, 5.74) is 1.63. The Labute approximate surface area is 164 Å². The highest BCUT2D eigenvalue weighted by Crippen LogP contribution is 2.16. The molecule has 146 valence electrons. The average Bonchev–Trinajstić information content (AvgIpc) is 3.43. The fraction of sp³-hybridized carbons (Fsp3) is 0.100. The van der Waals surface area contributed by atoms with Crippen LogP contribution in [0.25, 0.3) is 5.69 Å². The first kappa shape index (κ1) is 18.4. The van der Waals surface area contributed by atoms with Crippen LogP contribution in [0.15, 0.2) is 71.8 Å². The Bertz CT molecular complexity index is 1090. The molecule has 0 aliphatic rings. The summed E-state index contributed by atoms with van der Waals surface area (Å²) < 4.78 is 25.6. The lowest BCUT2D eigenvalue weighted by Crippen LogP contribution is -2.23. The van der Waals surface area contributed by atoms with Gasteiger partial charge in [-0.15, -0.1) is 0 Å². The summed E-state index contributed by atoms with van der Waals surface area (Å²) in [5, 5.41) is 10.5. The highest BCUT2D eigenvalue weighted by molar-refractivity contribution is 5.92. The zero-order valence-electron chi connectivity index (χ0n) is 15.2. The van der Waals surface area contributed by atoms with Crippen LogP contribution in [0.5, 0.6) is 5.75 Å². The van der Waals surface area contributed by atoms with Crippen molar-refractivity contribution in [1.82, 2.24) is 25.2 Å². The normalized spacial score (nSPS) is 10.7. The molecule has 0 unspecified atom stereocenters. The Hall–Kier alpha value is -4.01. The molecule has 4 rings (SSSR count). The average molecular weight is 393 g/mol. The Morgan fingerprint density at radius 1 is 1.17 bits per heavy atom. The molecule has 0 fully saturated rings. The summed E-state index contributed by atoms with van der Waals surface area (Å²) in [6, 6.07) is 14.8. The first-order chi connectivity index (χ1) is 14.2. The summed E-state index contributed by atoms with van der Waals surface area (Å²) in [7, 11) is 0. The van der Waals surface area contributed by atoms with Crippen molar-refractivity contribution < 1.29 is 18.4 Å². The third kappa shape index (κ3) is 4.64. The quantitative estimate of drug-likeness (QED) is 0.519. The predicted molar refractivity (Wildman–Crippen MR) is 99.8 cm³/mol. The van der Waals surface area contributed by atoms with Crippen molar-refractivity contribution in [1.29, 1.82) is 0 Å². The van der Waals surface area contributed by atoms with Crippen molar-refractivity contribution in [3.63, 3.8) is 0 Å². The first-order valence-electron chi connectivity index (χ1n) is 8.73. The molecule has 0 saturated carbocycles. The van der Waals surface area contributed by atoms with Crippen molar-refractivity contribution in [3.8, 4) is 11.4 Å². The molecule has 29 heavy (non-hydrogen) atoms. The maximum atomic E-state index is 13.2. The summed E-state index contributed by atoms with van der Waals surface area (Å²) in [5.74, 6) is 0.261. The van der Waals surface area contributed by atoms with Gasteiger partial charge in [0, 0.05) is 12.6 Å². The van der Waals surface area contributed by atoms with Crippen molar-refractivity contribution in [3.05, 3.63) is 90.1 Å². The number of benzene rings is 2. The number of hydrogen-bond acceptors (Lipinski definition) is 6. The first-order valence-corrected chi connectivity index (χ1v) is 8.73. The van der Waals surface area contributed by atoms with Gasteiger partial charge in [-0.1, -0.05) is 17.3 Å². The van der Waals surface area contributed by atoms with Crippen molar-refractivity contribution in [2.45, 2.75) is 13.2 Å². The molecule has 1 amide bonds. The highest BCUT2D eigenvalue weighted by atomic mass is 19.1. The largest absolute Gasteiger partial charge is 0.486 e. The van der Waals surface area contributed by atoms with Crippen LogP contribution < -0.4 is 10.1 Å². The van der Waals surface area contributed by atoms with Gasteiger partial charge < -0.3 is 14.6 Å². The minimum Gasteiger partial charge on any atom is -0.486 e. The number of hydrogen-bond donors (Lipinski definition) is 1. The third-order valence-electron chi connectivity index (χ3n) is 4.03. The highest BCUT2D eigenvalue weighted by Gasteiger charge is 2.13. The van der Waals surface area contributed by atoms with Crippen LogP contribution in [0, 0.1) is 5.82 Å². The molecular weight excluding hydrogens is 377 g/mol. The fourth-order valence-electron chi connectivity index (χ4n) is 2.60. The lowest BCUT2D eigenvalue weighted by atomic mass is 10.2. The zero-order chi connectivity index (χ0) is 20.1. The number of carbonyl (C=O) groups is 1. The van der Waals surface area contributed by atoms with Gasteiger partial charge in [0.1, 0.15) is 30.8 Å². The molecule has 2 aromatic heterocycles. The summed E-state index contributed by atoms with van der Waals surface area (Å²) in [6.07, 6.45) is 3.06. The lowest BCUT2D eigenvalue weighted by molar-refractivity contribution is 0.0941. The van der Waals surface area contributed by atoms with Gasteiger partial charge in [0.05, 0.1) is 5.69 Å². The van der Waals surface area contributed by atoms with E-state index >= 15 is 0 Å². The second kappa shape index (κ2) is 8.34. The van der Waals surface area contributed by atoms with Gasteiger partial charge in [-0.05, 0) is 42.0 Å². The number of amides is 1. The van der Waals surface area contributed by atoms with Crippen LogP contribution in [0.3, 0.4) is 0 Å². The van der Waals surface area contributed by atoms with Crippen molar-refractivity contribution >= 4 is 5.91 Å². The maximum Gasteiger partial charge on any atom is 0.273 e. The molecule has 2 heterocycles. The van der Waals surface area contributed by atoms with Crippen LogP contribution in [-0.4, -0.2) is 25.8 Å². The molecule has 9 heteroatoms. The van der Waals surface area contributed by atoms with Gasteiger partial charge in [-0.25, -0.2) is 14.1 Å². The maximum absolute atomic E-state index is 13.2. The van der Waals surface area contributed by atoms with Crippen LogP contribution in [0.1, 0.15) is 21.8 Å². The van der Waals surface area contributed by atoms with Crippen LogP contribution in [0.4, 0.5) is 4.39 Å². The molecular formula is C20H16FN5O3. The van der Waals surface area contributed by atoms with E-state index in [4.69, 9.17) is 9.26 Å². The number of ether oxygens (including phenoxy) is 1. The van der Waals surface area contributed by atoms with Gasteiger partial charge in [-0.2, -0.15) is 5.10 Å². The Kier molecular flexibility index (Phi) is 5.28. The summed E-state index contributed by atoms with van der Waals surface area (Å²) >= 11 is 0. The van der Waals surface area contributed by atoms with E-state index in [9.17, 15) is 9.18 Å². The number of halogens is 1. The van der Waals surface area contributed by atoms with E-state index in [-0.39, 0.29) is 24.7 Å². The fourth-order valence-corrected chi connectivity index (χ4v) is 2.60. The van der Waals surface area contributed by atoms with Crippen LogP contribution in [0.2, 0.25) is 0 Å². The molecule has 0 bridgehead atoms. The smallest absolute Gasteiger partial charge is 0.273 e. The minimum atomic E-state index is -0.415. The molecule has 0 aliphatic heterocycles. The van der Waals surface area contributed by atoms with Gasteiger partial charge >= 0.3 is 0 Å². The standard InChI is InChI=1S/C20H16FN5O3/c21-15-3-1-2-14(8-15)10-23-20(27)19-9-18(29-25-19)11-28-17-6-4-16(5-7-17)26-13-22-12-24-26/h1-9,12-13H,10-11H2,(H,23,27). The molecule has 0 atom stereocenters. The van der Waals surface area contributed by atoms with E-state index in [0.29, 0.717) is 17.1 Å². The number of nitrogens with one attached hydrogen (secondary N) is 1. The Balaban J connectivity index is 1.30. The van der Waals surface area contributed by atoms with E-state index in [1.165, 1.54) is 24.5 Å². The van der Waals surface area contributed by atoms with Crippen molar-refractivity contribution in [2.24, 2.45) is 0 Å². The predicted octanol–water partition coefficient (Wildman–Crippen LogP) is 2.90. The van der Waals surface area contributed by atoms with Crippen LogP contribution in [-0.2, 0) is 13.2 Å². The van der Waals surface area contributed by atoms with Gasteiger partial charge in [-0.3, -0.25) is 4.79 Å². The van der Waals surface area contributed by atoms with Gasteiger partial charge in [0.2, 0.25) is 0 Å². The molecule has 1 N–H and O–H groups in total. The van der Waals surface area contributed by atoms with E-state index in [0.717, 1.165) is 5.69 Å². The Morgan fingerprint density at radius 2 is 2.03 bits per heavy atom. The molecule has 0 aliphatic carbocycles. The van der Waals surface area contributed by atoms with E-state index < -0.39 is 5.91 Å². The monoisotopic (exact) mass is 393 g/mol. The summed E-state index contributed by atoms with van der Waals surface area (Å²) in [6.45, 7) is 0.306. The van der Waals surface area contributed by atoms with E-state index in [1.54, 1.807) is 35.3 Å². The number of carbonyl (C=O) groups excluding carboxylic acids is 1. The lowest BCUT2D eigenvalue weighted by Gasteiger charge is -2.05. The molecule has 8 nitrogen and oxygen atoms in total. The zero-order valence-corrected chi connectivity index (χ0v) is 15.2. The second-order valence-electron chi connectivity index (χ2n) is 6.11. The third-order valence-corrected chi connectivity index (χ3v) is 4.03. The van der Waals surface area contributed by atoms with Crippen LogP contribution >= 0.6 is 0 Å². The molecule has 4 aromatic rings. The SMILES string of the molecule is O=C(NCc1cccc(F)c1)c1cc(COc2ccc(-n3cncn3)cc2)on1. The molecule has 0 radical (unpaired) electrons. The second-order valence-corrected chi connectivity index (χ2v) is 6.11. The van der Waals surface area contributed by atoms with Crippen molar-refractivity contribution in [2.75, 3.05) is 0 Å². The molecule has 2 aromatic carbocycles. The number of nitrogens with zero attached hydrogens (tertiary/aromatic N) is 4. The summed E-state index contributed by atoms with van der Waals surface area (Å²) in [4.78, 5) is 16.1. The van der Waals surface area contributed by atoms with E-state index in [1.807, 2.05) is 12.1 Å².